The molecule has 7 nitrogen and oxygen atoms in total. The van der Waals surface area contributed by atoms with Gasteiger partial charge in [-0.15, -0.1) is 0 Å². The maximum atomic E-state index is 9.47. The molecule has 1 aromatic heterocycles. The summed E-state index contributed by atoms with van der Waals surface area (Å²) in [6.07, 6.45) is 0. The minimum atomic E-state index is 0.00669. The number of nitriles is 1. The van der Waals surface area contributed by atoms with E-state index in [1.807, 2.05) is 62.6 Å². The molecule has 0 aliphatic rings. The molecule has 3 rings (SSSR count). The van der Waals surface area contributed by atoms with Gasteiger partial charge in [-0.2, -0.15) is 10.2 Å². The number of hydrogen-bond acceptors (Lipinski definition) is 7. The maximum Gasteiger partial charge on any atom is 0.232 e. The Morgan fingerprint density at radius 1 is 1.10 bits per heavy atom. The number of nitrogens with zero attached hydrogens (tertiary/aromatic N) is 3. The van der Waals surface area contributed by atoms with E-state index in [2.05, 4.69) is 21.3 Å². The predicted molar refractivity (Wildman–Crippen MR) is 111 cm³/mol. The highest BCUT2D eigenvalue weighted by molar-refractivity contribution is 5.59. The first-order valence-electron chi connectivity index (χ1n) is 9.16. The standard InChI is InChI=1S/C22H24N4O3/c1-26(2)19(17-7-5-6-8-20(17)28-4)14-24-22-18(13-23)25-21(29-22)15-9-11-16(27-3)12-10-15/h5-12,19,24H,14H2,1-4H3/t19-/m0/s1. The first-order chi connectivity index (χ1) is 14.1. The van der Waals surface area contributed by atoms with Gasteiger partial charge < -0.3 is 24.1 Å². The van der Waals surface area contributed by atoms with Crippen LogP contribution >= 0.6 is 0 Å². The van der Waals surface area contributed by atoms with Gasteiger partial charge in [0.1, 0.15) is 17.6 Å². The van der Waals surface area contributed by atoms with E-state index < -0.39 is 0 Å². The van der Waals surface area contributed by atoms with Crippen molar-refractivity contribution in [2.45, 2.75) is 6.04 Å². The molecule has 29 heavy (non-hydrogen) atoms. The highest BCUT2D eigenvalue weighted by Crippen LogP contribution is 2.30. The van der Waals surface area contributed by atoms with Crippen molar-refractivity contribution in [1.82, 2.24) is 9.88 Å². The Labute approximate surface area is 170 Å². The van der Waals surface area contributed by atoms with Crippen LogP contribution in [-0.4, -0.2) is 44.7 Å². The molecule has 0 saturated carbocycles. The number of benzene rings is 2. The van der Waals surface area contributed by atoms with E-state index in [1.54, 1.807) is 14.2 Å². The van der Waals surface area contributed by atoms with Gasteiger partial charge in [0.25, 0.3) is 0 Å². The minimum absolute atomic E-state index is 0.00669. The summed E-state index contributed by atoms with van der Waals surface area (Å²) in [5.41, 5.74) is 2.03. The van der Waals surface area contributed by atoms with E-state index >= 15 is 0 Å². The highest BCUT2D eigenvalue weighted by Gasteiger charge is 2.21. The smallest absolute Gasteiger partial charge is 0.232 e. The summed E-state index contributed by atoms with van der Waals surface area (Å²) in [4.78, 5) is 6.40. The third-order valence-electron chi connectivity index (χ3n) is 4.65. The average Bonchev–Trinajstić information content (AvgIpc) is 3.17. The second-order valence-electron chi connectivity index (χ2n) is 6.64. The fourth-order valence-electron chi connectivity index (χ4n) is 3.07. The summed E-state index contributed by atoms with van der Waals surface area (Å²) in [6, 6.07) is 17.3. The zero-order valence-corrected chi connectivity index (χ0v) is 17.0. The number of oxazole rings is 1. The van der Waals surface area contributed by atoms with Crippen molar-refractivity contribution in [3.05, 3.63) is 59.8 Å². The van der Waals surface area contributed by atoms with Gasteiger partial charge in [0, 0.05) is 17.7 Å². The molecule has 0 radical (unpaired) electrons. The SMILES string of the molecule is COc1ccc(-c2nc(C#N)c(NC[C@@H](c3ccccc3OC)N(C)C)o2)cc1. The summed E-state index contributed by atoms with van der Waals surface area (Å²) in [5, 5.41) is 12.7. The Bertz CT molecular complexity index is 990. The summed E-state index contributed by atoms with van der Waals surface area (Å²) < 4.78 is 16.5. The normalized spacial score (nSPS) is 11.7. The minimum Gasteiger partial charge on any atom is -0.497 e. The number of para-hydroxylation sites is 1. The van der Waals surface area contributed by atoms with Crippen molar-refractivity contribution in [2.75, 3.05) is 40.2 Å². The topological polar surface area (TPSA) is 83.5 Å². The molecule has 2 aromatic carbocycles. The second kappa shape index (κ2) is 9.13. The van der Waals surface area contributed by atoms with E-state index in [4.69, 9.17) is 13.9 Å². The van der Waals surface area contributed by atoms with E-state index in [0.717, 1.165) is 22.6 Å². The van der Waals surface area contributed by atoms with Crippen LogP contribution in [0.15, 0.2) is 52.9 Å². The predicted octanol–water partition coefficient (Wildman–Crippen LogP) is 3.95. The fourth-order valence-corrected chi connectivity index (χ4v) is 3.07. The molecule has 0 spiro atoms. The lowest BCUT2D eigenvalue weighted by Crippen LogP contribution is -2.27. The van der Waals surface area contributed by atoms with E-state index in [-0.39, 0.29) is 11.7 Å². The third kappa shape index (κ3) is 4.50. The Balaban J connectivity index is 1.83. The van der Waals surface area contributed by atoms with Crippen LogP contribution in [-0.2, 0) is 0 Å². The van der Waals surface area contributed by atoms with Gasteiger partial charge in [-0.05, 0) is 44.4 Å². The molecular formula is C22H24N4O3. The molecule has 0 aliphatic carbocycles. The van der Waals surface area contributed by atoms with Gasteiger partial charge in [-0.25, -0.2) is 0 Å². The number of anilines is 1. The van der Waals surface area contributed by atoms with Gasteiger partial charge in [-0.3, -0.25) is 0 Å². The van der Waals surface area contributed by atoms with Crippen LogP contribution in [0, 0.1) is 11.3 Å². The van der Waals surface area contributed by atoms with E-state index in [9.17, 15) is 5.26 Å². The lowest BCUT2D eigenvalue weighted by atomic mass is 10.0. The number of ether oxygens (including phenoxy) is 2. The Hall–Kier alpha value is -3.50. The lowest BCUT2D eigenvalue weighted by molar-refractivity contribution is 0.299. The summed E-state index contributed by atoms with van der Waals surface area (Å²) >= 11 is 0. The monoisotopic (exact) mass is 392 g/mol. The van der Waals surface area contributed by atoms with Crippen LogP contribution in [0.5, 0.6) is 11.5 Å². The molecule has 1 heterocycles. The number of rotatable bonds is 8. The van der Waals surface area contributed by atoms with Gasteiger partial charge >= 0.3 is 0 Å². The largest absolute Gasteiger partial charge is 0.497 e. The zero-order chi connectivity index (χ0) is 20.8. The number of hydrogen-bond donors (Lipinski definition) is 1. The number of methoxy groups -OCH3 is 2. The van der Waals surface area contributed by atoms with Crippen molar-refractivity contribution in [1.29, 1.82) is 5.26 Å². The van der Waals surface area contributed by atoms with Crippen molar-refractivity contribution < 1.29 is 13.9 Å². The molecule has 0 aliphatic heterocycles. The van der Waals surface area contributed by atoms with Crippen molar-refractivity contribution in [2.24, 2.45) is 0 Å². The number of aromatic nitrogens is 1. The highest BCUT2D eigenvalue weighted by atomic mass is 16.5. The molecule has 1 N–H and O–H groups in total. The number of nitrogens with one attached hydrogen (secondary N) is 1. The van der Waals surface area contributed by atoms with Gasteiger partial charge in [0.15, 0.2) is 0 Å². The zero-order valence-electron chi connectivity index (χ0n) is 17.0. The first kappa shape index (κ1) is 20.2. The third-order valence-corrected chi connectivity index (χ3v) is 4.65. The summed E-state index contributed by atoms with van der Waals surface area (Å²) in [6.45, 7) is 0.513. The van der Waals surface area contributed by atoms with Gasteiger partial charge in [0.2, 0.25) is 17.5 Å². The van der Waals surface area contributed by atoms with Crippen molar-refractivity contribution >= 4 is 5.88 Å². The summed E-state index contributed by atoms with van der Waals surface area (Å²) in [7, 11) is 7.25. The fraction of sp³-hybridized carbons (Fsp3) is 0.273. The maximum absolute atomic E-state index is 9.47. The molecule has 1 atom stereocenters. The quantitative estimate of drug-likeness (QED) is 0.621. The van der Waals surface area contributed by atoms with E-state index in [0.29, 0.717) is 18.3 Å². The molecule has 150 valence electrons. The van der Waals surface area contributed by atoms with Gasteiger partial charge in [-0.1, -0.05) is 18.2 Å². The van der Waals surface area contributed by atoms with Crippen LogP contribution in [0.4, 0.5) is 5.88 Å². The molecule has 0 saturated heterocycles. The molecule has 0 bridgehead atoms. The summed E-state index contributed by atoms with van der Waals surface area (Å²) in [5.74, 6) is 2.28. The van der Waals surface area contributed by atoms with Crippen LogP contribution in [0.25, 0.3) is 11.5 Å². The van der Waals surface area contributed by atoms with Crippen LogP contribution in [0.3, 0.4) is 0 Å². The van der Waals surface area contributed by atoms with Crippen molar-refractivity contribution in [3.8, 4) is 29.0 Å². The molecule has 0 unspecified atom stereocenters. The first-order valence-corrected chi connectivity index (χ1v) is 9.16. The van der Waals surface area contributed by atoms with Crippen LogP contribution < -0.4 is 14.8 Å². The molecule has 0 amide bonds. The number of likely N-dealkylation sites (N-methyl/N-ethyl adjacent to an activating group) is 1. The Morgan fingerprint density at radius 3 is 2.45 bits per heavy atom. The van der Waals surface area contributed by atoms with Crippen LogP contribution in [0.1, 0.15) is 17.3 Å². The Morgan fingerprint density at radius 2 is 1.83 bits per heavy atom. The van der Waals surface area contributed by atoms with E-state index in [1.165, 1.54) is 0 Å². The molecule has 3 aromatic rings. The Kier molecular flexibility index (Phi) is 6.37. The molecular weight excluding hydrogens is 368 g/mol. The van der Waals surface area contributed by atoms with Gasteiger partial charge in [0.05, 0.1) is 20.3 Å². The lowest BCUT2D eigenvalue weighted by Gasteiger charge is -2.26. The molecule has 0 fully saturated rings. The van der Waals surface area contributed by atoms with Crippen LogP contribution in [0.2, 0.25) is 0 Å². The van der Waals surface area contributed by atoms with Crippen molar-refractivity contribution in [3.63, 3.8) is 0 Å². The average molecular weight is 392 g/mol. The second-order valence-corrected chi connectivity index (χ2v) is 6.64. The molecule has 7 heteroatoms.